The molecule has 0 heterocycles. The quantitative estimate of drug-likeness (QED) is 0.708. The predicted molar refractivity (Wildman–Crippen MR) is 108 cm³/mol. The summed E-state index contributed by atoms with van der Waals surface area (Å²) < 4.78 is 22.0. The Hall–Kier alpha value is -0.493. The maximum atomic E-state index is 12.6. The van der Waals surface area contributed by atoms with Crippen molar-refractivity contribution in [2.75, 3.05) is 6.61 Å². The minimum Gasteiger partial charge on any atom is -0.415 e. The molecule has 0 bridgehead atoms. The van der Waals surface area contributed by atoms with E-state index in [0.29, 0.717) is 6.61 Å². The largest absolute Gasteiger partial charge is 0.415 e. The Morgan fingerprint density at radius 2 is 1.75 bits per heavy atom. The summed E-state index contributed by atoms with van der Waals surface area (Å²) in [5, 5.41) is 0.160. The Bertz CT molecular complexity index is 573. The SMILES string of the molecule is Cc1cccc([C@@H](CO[Si](C)(C)C(C)(C)C)N[S@](=O)C(C)(C)C)c1. The van der Waals surface area contributed by atoms with Gasteiger partial charge >= 0.3 is 0 Å². The van der Waals surface area contributed by atoms with Crippen LogP contribution in [0.25, 0.3) is 0 Å². The number of aryl methyl sites for hydroxylation is 1. The van der Waals surface area contributed by atoms with Crippen molar-refractivity contribution in [1.82, 2.24) is 4.72 Å². The molecule has 1 N–H and O–H groups in total. The molecule has 0 aliphatic heterocycles. The molecule has 0 aliphatic carbocycles. The number of benzene rings is 1. The minimum atomic E-state index is -1.85. The summed E-state index contributed by atoms with van der Waals surface area (Å²) in [5.74, 6) is 0. The molecule has 0 radical (unpaired) electrons. The molecule has 0 aromatic heterocycles. The van der Waals surface area contributed by atoms with Gasteiger partial charge in [0.1, 0.15) is 0 Å². The maximum Gasteiger partial charge on any atom is 0.192 e. The molecule has 24 heavy (non-hydrogen) atoms. The fourth-order valence-corrected chi connectivity index (χ4v) is 3.73. The molecule has 1 aromatic rings. The molecule has 0 aliphatic rings. The Balaban J connectivity index is 3.00. The van der Waals surface area contributed by atoms with E-state index in [9.17, 15) is 4.21 Å². The number of hydrogen-bond donors (Lipinski definition) is 1. The summed E-state index contributed by atoms with van der Waals surface area (Å²) in [6.45, 7) is 19.8. The number of rotatable bonds is 6. The monoisotopic (exact) mass is 369 g/mol. The summed E-state index contributed by atoms with van der Waals surface area (Å²) in [7, 11) is -2.99. The minimum absolute atomic E-state index is 0.0703. The van der Waals surface area contributed by atoms with Crippen LogP contribution in [0.4, 0.5) is 0 Å². The lowest BCUT2D eigenvalue weighted by atomic mass is 10.1. The average molecular weight is 370 g/mol. The molecule has 0 saturated heterocycles. The van der Waals surface area contributed by atoms with Gasteiger partial charge in [-0.1, -0.05) is 50.6 Å². The topological polar surface area (TPSA) is 38.3 Å². The summed E-state index contributed by atoms with van der Waals surface area (Å²) >= 11 is 0. The second-order valence-electron chi connectivity index (χ2n) is 9.04. The molecular weight excluding hydrogens is 334 g/mol. The second-order valence-corrected chi connectivity index (χ2v) is 15.8. The van der Waals surface area contributed by atoms with Crippen molar-refractivity contribution in [2.45, 2.75) is 77.4 Å². The third-order valence-electron chi connectivity index (χ3n) is 4.67. The zero-order valence-corrected chi connectivity index (χ0v) is 18.6. The van der Waals surface area contributed by atoms with Crippen LogP contribution >= 0.6 is 0 Å². The first-order valence-corrected chi connectivity index (χ1v) is 12.7. The third kappa shape index (κ3) is 6.10. The van der Waals surface area contributed by atoms with Crippen LogP contribution in [0.2, 0.25) is 18.1 Å². The highest BCUT2D eigenvalue weighted by molar-refractivity contribution is 7.84. The van der Waals surface area contributed by atoms with Crippen LogP contribution in [-0.2, 0) is 15.4 Å². The molecule has 138 valence electrons. The highest BCUT2D eigenvalue weighted by Gasteiger charge is 2.38. The van der Waals surface area contributed by atoms with E-state index in [2.05, 4.69) is 63.7 Å². The predicted octanol–water partition coefficient (Wildman–Crippen LogP) is 5.11. The van der Waals surface area contributed by atoms with E-state index in [1.54, 1.807) is 0 Å². The van der Waals surface area contributed by atoms with Gasteiger partial charge in [-0.25, -0.2) is 8.93 Å². The standard InChI is InChI=1S/C19H35NO2SSi/c1-15-11-10-12-16(13-15)17(20-23(21)18(2,3)4)14-22-24(8,9)19(5,6)7/h10-13,17,20H,14H2,1-9H3/t17-,23-/m1/s1. The van der Waals surface area contributed by atoms with E-state index in [1.165, 1.54) is 5.56 Å². The highest BCUT2D eigenvalue weighted by atomic mass is 32.2. The lowest BCUT2D eigenvalue weighted by molar-refractivity contribution is 0.257. The third-order valence-corrected chi connectivity index (χ3v) is 10.8. The second kappa shape index (κ2) is 7.81. The van der Waals surface area contributed by atoms with Gasteiger partial charge in [-0.3, -0.25) is 0 Å². The Morgan fingerprint density at radius 3 is 2.21 bits per heavy atom. The van der Waals surface area contributed by atoms with Crippen molar-refractivity contribution >= 4 is 19.3 Å². The van der Waals surface area contributed by atoms with Gasteiger partial charge in [-0.2, -0.15) is 0 Å². The normalized spacial score (nSPS) is 16.0. The van der Waals surface area contributed by atoms with Crippen LogP contribution in [0.1, 0.15) is 58.7 Å². The van der Waals surface area contributed by atoms with Crippen molar-refractivity contribution in [1.29, 1.82) is 0 Å². The first-order chi connectivity index (χ1) is 10.7. The molecule has 1 rings (SSSR count). The first kappa shape index (κ1) is 21.5. The molecule has 1 aromatic carbocycles. The zero-order valence-electron chi connectivity index (χ0n) is 16.8. The first-order valence-electron chi connectivity index (χ1n) is 8.62. The smallest absolute Gasteiger partial charge is 0.192 e. The Kier molecular flexibility index (Phi) is 7.01. The van der Waals surface area contributed by atoms with Gasteiger partial charge in [-0.15, -0.1) is 0 Å². The molecule has 0 saturated carbocycles. The lowest BCUT2D eigenvalue weighted by Gasteiger charge is -2.37. The van der Waals surface area contributed by atoms with Gasteiger partial charge in [0.25, 0.3) is 0 Å². The number of nitrogens with one attached hydrogen (secondary N) is 1. The summed E-state index contributed by atoms with van der Waals surface area (Å²) in [6.07, 6.45) is 0. The zero-order chi connectivity index (χ0) is 18.8. The van der Waals surface area contributed by atoms with Crippen LogP contribution < -0.4 is 4.72 Å². The molecule has 0 fully saturated rings. The van der Waals surface area contributed by atoms with Crippen molar-refractivity contribution in [2.24, 2.45) is 0 Å². The van der Waals surface area contributed by atoms with Gasteiger partial charge in [0, 0.05) is 0 Å². The molecule has 0 unspecified atom stereocenters. The van der Waals surface area contributed by atoms with Crippen LogP contribution in [0, 0.1) is 6.92 Å². The Labute approximate surface area is 152 Å². The number of hydrogen-bond acceptors (Lipinski definition) is 2. The van der Waals surface area contributed by atoms with Gasteiger partial charge < -0.3 is 4.43 Å². The van der Waals surface area contributed by atoms with Crippen molar-refractivity contribution < 1.29 is 8.63 Å². The molecule has 0 spiro atoms. The van der Waals surface area contributed by atoms with Gasteiger partial charge in [0.15, 0.2) is 8.32 Å². The molecule has 5 heteroatoms. The van der Waals surface area contributed by atoms with Crippen molar-refractivity contribution in [3.05, 3.63) is 35.4 Å². The van der Waals surface area contributed by atoms with E-state index in [0.717, 1.165) is 5.56 Å². The van der Waals surface area contributed by atoms with Crippen molar-refractivity contribution in [3.63, 3.8) is 0 Å². The average Bonchev–Trinajstić information content (AvgIpc) is 2.40. The van der Waals surface area contributed by atoms with E-state index >= 15 is 0 Å². The van der Waals surface area contributed by atoms with Gasteiger partial charge in [0.2, 0.25) is 0 Å². The van der Waals surface area contributed by atoms with Gasteiger partial charge in [-0.05, 0) is 51.4 Å². The van der Waals surface area contributed by atoms with E-state index in [-0.39, 0.29) is 15.8 Å². The van der Waals surface area contributed by atoms with Crippen molar-refractivity contribution in [3.8, 4) is 0 Å². The van der Waals surface area contributed by atoms with Crippen LogP contribution in [0.3, 0.4) is 0 Å². The van der Waals surface area contributed by atoms with Crippen LogP contribution in [-0.4, -0.2) is 23.9 Å². The highest BCUT2D eigenvalue weighted by Crippen LogP contribution is 2.37. The summed E-state index contributed by atoms with van der Waals surface area (Å²) in [6, 6.07) is 8.28. The summed E-state index contributed by atoms with van der Waals surface area (Å²) in [5.41, 5.74) is 2.33. The summed E-state index contributed by atoms with van der Waals surface area (Å²) in [4.78, 5) is 0. The Morgan fingerprint density at radius 1 is 1.17 bits per heavy atom. The fraction of sp³-hybridized carbons (Fsp3) is 0.684. The van der Waals surface area contributed by atoms with Gasteiger partial charge in [0.05, 0.1) is 28.4 Å². The molecule has 3 nitrogen and oxygen atoms in total. The maximum absolute atomic E-state index is 12.6. The van der Waals surface area contributed by atoms with E-state index in [4.69, 9.17) is 4.43 Å². The fourth-order valence-electron chi connectivity index (χ4n) is 1.90. The molecular formula is C19H35NO2SSi. The van der Waals surface area contributed by atoms with E-state index < -0.39 is 19.3 Å². The van der Waals surface area contributed by atoms with Crippen LogP contribution in [0.5, 0.6) is 0 Å². The lowest BCUT2D eigenvalue weighted by Crippen LogP contribution is -2.44. The molecule has 0 amide bonds. The van der Waals surface area contributed by atoms with Crippen LogP contribution in [0.15, 0.2) is 24.3 Å². The van der Waals surface area contributed by atoms with E-state index in [1.807, 2.05) is 26.8 Å². The molecule has 2 atom stereocenters.